The molecule has 9 heteroatoms. The summed E-state index contributed by atoms with van der Waals surface area (Å²) in [6.07, 6.45) is 4.18. The van der Waals surface area contributed by atoms with Gasteiger partial charge in [0.2, 0.25) is 5.91 Å². The Labute approximate surface area is 195 Å². The Kier molecular flexibility index (Phi) is 5.49. The maximum absolute atomic E-state index is 13.2. The number of thiophene rings is 1. The molecule has 2 fully saturated rings. The van der Waals surface area contributed by atoms with Crippen molar-refractivity contribution in [1.29, 1.82) is 0 Å². The molecule has 0 atom stereocenters. The van der Waals surface area contributed by atoms with Gasteiger partial charge in [0, 0.05) is 13.1 Å². The number of aromatic nitrogens is 2. The van der Waals surface area contributed by atoms with Gasteiger partial charge in [0.1, 0.15) is 23.6 Å². The quantitative estimate of drug-likeness (QED) is 0.576. The summed E-state index contributed by atoms with van der Waals surface area (Å²) in [7, 11) is 1.67. The summed E-state index contributed by atoms with van der Waals surface area (Å²) in [4.78, 5) is 42.7. The van der Waals surface area contributed by atoms with E-state index in [1.807, 2.05) is 47.8 Å². The average Bonchev–Trinajstić information content (AvgIpc) is 3.55. The number of benzene rings is 1. The van der Waals surface area contributed by atoms with E-state index in [9.17, 15) is 14.4 Å². The standard InChI is InChI=1S/C24H25N5O3S/c1-27-23(32)28(22(31)24(27)12-6-3-7-13-24)16-21(30)25-20-15-18(19-11-8-14-33-19)26-29(20)17-9-4-2-5-10-17/h2,4-5,8-11,14-15H,3,6-7,12-13,16H2,1H3,(H,25,30). The molecule has 1 spiro atoms. The molecule has 1 aliphatic carbocycles. The number of hydrogen-bond donors (Lipinski definition) is 1. The zero-order valence-corrected chi connectivity index (χ0v) is 19.2. The van der Waals surface area contributed by atoms with Gasteiger partial charge in [-0.15, -0.1) is 11.3 Å². The number of carbonyl (C=O) groups is 3. The van der Waals surface area contributed by atoms with Gasteiger partial charge in [-0.25, -0.2) is 9.48 Å². The molecule has 2 aromatic heterocycles. The van der Waals surface area contributed by atoms with Crippen LogP contribution in [0.3, 0.4) is 0 Å². The highest BCUT2D eigenvalue weighted by Crippen LogP contribution is 2.39. The topological polar surface area (TPSA) is 87.5 Å². The second-order valence-electron chi connectivity index (χ2n) is 8.51. The number of nitrogens with one attached hydrogen (secondary N) is 1. The van der Waals surface area contributed by atoms with Crippen molar-refractivity contribution in [3.05, 3.63) is 53.9 Å². The summed E-state index contributed by atoms with van der Waals surface area (Å²) in [6, 6.07) is 14.8. The molecule has 33 heavy (non-hydrogen) atoms. The number of likely N-dealkylation sites (N-methyl/N-ethyl adjacent to an activating group) is 1. The van der Waals surface area contributed by atoms with Crippen LogP contribution in [-0.2, 0) is 9.59 Å². The van der Waals surface area contributed by atoms with Crippen LogP contribution in [0.25, 0.3) is 16.3 Å². The van der Waals surface area contributed by atoms with Crippen LogP contribution in [0, 0.1) is 0 Å². The molecule has 3 aromatic rings. The Hall–Kier alpha value is -3.46. The summed E-state index contributed by atoms with van der Waals surface area (Å²) in [5.74, 6) is -0.220. The average molecular weight is 464 g/mol. The second kappa shape index (κ2) is 8.47. The zero-order valence-electron chi connectivity index (χ0n) is 18.4. The summed E-state index contributed by atoms with van der Waals surface area (Å²) in [5.41, 5.74) is 0.733. The van der Waals surface area contributed by atoms with Crippen LogP contribution < -0.4 is 5.32 Å². The smallest absolute Gasteiger partial charge is 0.313 e. The SMILES string of the molecule is CN1C(=O)N(CC(=O)Nc2cc(-c3cccs3)nn2-c2ccccc2)C(=O)C12CCCCC2. The van der Waals surface area contributed by atoms with Crippen molar-refractivity contribution in [3.8, 4) is 16.3 Å². The van der Waals surface area contributed by atoms with Crippen molar-refractivity contribution in [2.45, 2.75) is 37.6 Å². The predicted octanol–water partition coefficient (Wildman–Crippen LogP) is 4.14. The monoisotopic (exact) mass is 463 g/mol. The van der Waals surface area contributed by atoms with Crippen molar-refractivity contribution < 1.29 is 14.4 Å². The van der Waals surface area contributed by atoms with E-state index >= 15 is 0 Å². The molecule has 170 valence electrons. The summed E-state index contributed by atoms with van der Waals surface area (Å²) in [5, 5.41) is 9.51. The summed E-state index contributed by atoms with van der Waals surface area (Å²) >= 11 is 1.56. The number of rotatable bonds is 5. The van der Waals surface area contributed by atoms with E-state index in [2.05, 4.69) is 10.4 Å². The van der Waals surface area contributed by atoms with Gasteiger partial charge in [-0.2, -0.15) is 5.10 Å². The van der Waals surface area contributed by atoms with Crippen LogP contribution in [0.1, 0.15) is 32.1 Å². The Bertz CT molecular complexity index is 1180. The number of hydrogen-bond acceptors (Lipinski definition) is 5. The molecule has 1 saturated carbocycles. The van der Waals surface area contributed by atoms with Crippen molar-refractivity contribution in [1.82, 2.24) is 19.6 Å². The molecule has 8 nitrogen and oxygen atoms in total. The van der Waals surface area contributed by atoms with Crippen molar-refractivity contribution in [2.24, 2.45) is 0 Å². The molecule has 1 N–H and O–H groups in total. The van der Waals surface area contributed by atoms with E-state index in [0.717, 1.165) is 40.4 Å². The van der Waals surface area contributed by atoms with Crippen LogP contribution in [0.5, 0.6) is 0 Å². The number of nitrogens with zero attached hydrogens (tertiary/aromatic N) is 4. The van der Waals surface area contributed by atoms with E-state index < -0.39 is 17.5 Å². The minimum absolute atomic E-state index is 0.263. The highest BCUT2D eigenvalue weighted by molar-refractivity contribution is 7.13. The number of amides is 4. The maximum Gasteiger partial charge on any atom is 0.327 e. The lowest BCUT2D eigenvalue weighted by Gasteiger charge is -2.35. The molecular formula is C24H25N5O3S. The highest BCUT2D eigenvalue weighted by atomic mass is 32.1. The first-order valence-corrected chi connectivity index (χ1v) is 12.0. The number of para-hydroxylation sites is 1. The molecule has 0 bridgehead atoms. The van der Waals surface area contributed by atoms with E-state index in [0.29, 0.717) is 18.7 Å². The van der Waals surface area contributed by atoms with Gasteiger partial charge in [-0.3, -0.25) is 14.5 Å². The van der Waals surface area contributed by atoms with Crippen LogP contribution >= 0.6 is 11.3 Å². The Morgan fingerprint density at radius 1 is 1.09 bits per heavy atom. The number of carbonyl (C=O) groups excluding carboxylic acids is 3. The van der Waals surface area contributed by atoms with Crippen LogP contribution in [0.2, 0.25) is 0 Å². The number of anilines is 1. The fourth-order valence-electron chi connectivity index (χ4n) is 4.78. The number of urea groups is 1. The molecule has 0 radical (unpaired) electrons. The lowest BCUT2D eigenvalue weighted by molar-refractivity contribution is -0.136. The molecular weight excluding hydrogens is 438 g/mol. The molecule has 1 aliphatic heterocycles. The van der Waals surface area contributed by atoms with Gasteiger partial charge in [-0.1, -0.05) is 43.5 Å². The van der Waals surface area contributed by atoms with Crippen LogP contribution in [0.15, 0.2) is 53.9 Å². The van der Waals surface area contributed by atoms with Crippen LogP contribution in [0.4, 0.5) is 10.6 Å². The summed E-state index contributed by atoms with van der Waals surface area (Å²) in [6.45, 7) is -0.321. The van der Waals surface area contributed by atoms with E-state index in [1.54, 1.807) is 29.1 Å². The molecule has 2 aliphatic rings. The fourth-order valence-corrected chi connectivity index (χ4v) is 5.46. The van der Waals surface area contributed by atoms with Gasteiger partial charge in [0.15, 0.2) is 0 Å². The first-order chi connectivity index (χ1) is 16.0. The third-order valence-corrected chi connectivity index (χ3v) is 7.43. The molecule has 0 unspecified atom stereocenters. The minimum Gasteiger partial charge on any atom is -0.313 e. The van der Waals surface area contributed by atoms with Crippen LogP contribution in [-0.4, -0.2) is 56.6 Å². The zero-order chi connectivity index (χ0) is 23.0. The Balaban J connectivity index is 1.39. The lowest BCUT2D eigenvalue weighted by Crippen LogP contribution is -2.49. The van der Waals surface area contributed by atoms with Crippen molar-refractivity contribution >= 4 is 35.0 Å². The minimum atomic E-state index is -0.798. The molecule has 5 rings (SSSR count). The van der Waals surface area contributed by atoms with E-state index in [4.69, 9.17) is 0 Å². The molecule has 3 heterocycles. The second-order valence-corrected chi connectivity index (χ2v) is 9.46. The normalized spacial score (nSPS) is 17.7. The molecule has 1 aromatic carbocycles. The van der Waals surface area contributed by atoms with Gasteiger partial charge in [-0.05, 0) is 36.4 Å². The van der Waals surface area contributed by atoms with Crippen molar-refractivity contribution in [2.75, 3.05) is 18.9 Å². The van der Waals surface area contributed by atoms with Gasteiger partial charge in [0.05, 0.1) is 10.6 Å². The summed E-state index contributed by atoms with van der Waals surface area (Å²) < 4.78 is 1.66. The molecule has 1 saturated heterocycles. The highest BCUT2D eigenvalue weighted by Gasteiger charge is 2.55. The third-order valence-electron chi connectivity index (χ3n) is 6.54. The van der Waals surface area contributed by atoms with Gasteiger partial charge < -0.3 is 10.2 Å². The lowest BCUT2D eigenvalue weighted by atomic mass is 9.81. The van der Waals surface area contributed by atoms with E-state index in [1.165, 1.54) is 4.90 Å². The van der Waals surface area contributed by atoms with Gasteiger partial charge >= 0.3 is 6.03 Å². The largest absolute Gasteiger partial charge is 0.327 e. The Morgan fingerprint density at radius 2 is 1.85 bits per heavy atom. The first kappa shape index (κ1) is 21.4. The number of imide groups is 1. The molecule has 4 amide bonds. The maximum atomic E-state index is 13.2. The Morgan fingerprint density at radius 3 is 2.55 bits per heavy atom. The third kappa shape index (κ3) is 3.72. The fraction of sp³-hybridized carbons (Fsp3) is 0.333. The van der Waals surface area contributed by atoms with Crippen molar-refractivity contribution in [3.63, 3.8) is 0 Å². The predicted molar refractivity (Wildman–Crippen MR) is 126 cm³/mol. The van der Waals surface area contributed by atoms with E-state index in [-0.39, 0.29) is 12.5 Å². The first-order valence-electron chi connectivity index (χ1n) is 11.1. The van der Waals surface area contributed by atoms with Gasteiger partial charge in [0.25, 0.3) is 5.91 Å².